The molecule has 2 aromatic carbocycles. The van der Waals surface area contributed by atoms with Gasteiger partial charge in [-0.1, -0.05) is 18.2 Å². The van der Waals surface area contributed by atoms with Crippen molar-refractivity contribution in [1.29, 1.82) is 5.26 Å². The molecule has 1 aromatic heterocycles. The second kappa shape index (κ2) is 10.2. The quantitative estimate of drug-likeness (QED) is 0.493. The van der Waals surface area contributed by atoms with Gasteiger partial charge in [0.25, 0.3) is 11.5 Å². The summed E-state index contributed by atoms with van der Waals surface area (Å²) in [6, 6.07) is 14.5. The topological polar surface area (TPSA) is 136 Å². The Morgan fingerprint density at radius 2 is 1.84 bits per heavy atom. The van der Waals surface area contributed by atoms with Gasteiger partial charge in [0.1, 0.15) is 20.8 Å². The lowest BCUT2D eigenvalue weighted by Gasteiger charge is -2.25. The van der Waals surface area contributed by atoms with E-state index in [2.05, 4.69) is 16.1 Å². The molecular weight excluding hydrogens is 492 g/mol. The highest BCUT2D eigenvalue weighted by molar-refractivity contribution is 7.07. The summed E-state index contributed by atoms with van der Waals surface area (Å²) in [4.78, 5) is 39.0. The van der Waals surface area contributed by atoms with E-state index in [1.54, 1.807) is 30.3 Å². The average Bonchev–Trinajstić information content (AvgIpc) is 3.21. The van der Waals surface area contributed by atoms with Gasteiger partial charge in [0.15, 0.2) is 0 Å². The van der Waals surface area contributed by atoms with Crippen molar-refractivity contribution >= 4 is 46.4 Å². The number of fused-ring (bicyclic) bond motifs is 1. The lowest BCUT2D eigenvalue weighted by Crippen LogP contribution is -2.40. The van der Waals surface area contributed by atoms with Gasteiger partial charge >= 0.3 is 5.97 Å². The van der Waals surface area contributed by atoms with Gasteiger partial charge in [0, 0.05) is 11.8 Å². The van der Waals surface area contributed by atoms with Crippen LogP contribution in [0.1, 0.15) is 22.6 Å². The molecule has 0 aliphatic carbocycles. The molecule has 2 heterocycles. The third kappa shape index (κ3) is 4.64. The number of thiazole rings is 1. The van der Waals surface area contributed by atoms with Gasteiger partial charge in [-0.15, -0.1) is 11.3 Å². The van der Waals surface area contributed by atoms with Crippen molar-refractivity contribution in [2.75, 3.05) is 19.5 Å². The maximum atomic E-state index is 13.8. The van der Waals surface area contributed by atoms with E-state index in [1.807, 2.05) is 26.0 Å². The van der Waals surface area contributed by atoms with Crippen LogP contribution in [0, 0.1) is 25.2 Å². The number of anilines is 1. The van der Waals surface area contributed by atoms with Gasteiger partial charge < -0.3 is 20.5 Å². The number of carbonyl (C=O) groups is 2. The first-order valence-corrected chi connectivity index (χ1v) is 12.0. The van der Waals surface area contributed by atoms with Crippen LogP contribution in [0.3, 0.4) is 0 Å². The summed E-state index contributed by atoms with van der Waals surface area (Å²) in [5.74, 6) is -1.62. The fourth-order valence-electron chi connectivity index (χ4n) is 4.08. The summed E-state index contributed by atoms with van der Waals surface area (Å²) >= 11 is 0.929. The molecule has 1 unspecified atom stereocenters. The molecule has 1 amide bonds. The van der Waals surface area contributed by atoms with Crippen molar-refractivity contribution in [2.24, 2.45) is 5.73 Å². The van der Waals surface area contributed by atoms with Crippen LogP contribution in [0.5, 0.6) is 5.75 Å². The minimum absolute atomic E-state index is 0.0222. The highest BCUT2D eigenvalue weighted by Gasteiger charge is 2.35. The van der Waals surface area contributed by atoms with Crippen LogP contribution in [0.15, 0.2) is 52.8 Å². The molecule has 0 radical (unpaired) electrons. The molecule has 10 heteroatoms. The summed E-state index contributed by atoms with van der Waals surface area (Å²) in [6.07, 6.45) is 1.04. The van der Waals surface area contributed by atoms with E-state index < -0.39 is 23.4 Å². The zero-order valence-corrected chi connectivity index (χ0v) is 21.4. The number of hydrogen-bond acceptors (Lipinski definition) is 8. The maximum Gasteiger partial charge on any atom is 0.332 e. The number of nitrogens with two attached hydrogens (primary N) is 1. The summed E-state index contributed by atoms with van der Waals surface area (Å²) in [6.45, 7) is 3.90. The van der Waals surface area contributed by atoms with Gasteiger partial charge in [0.05, 0.1) is 37.4 Å². The van der Waals surface area contributed by atoms with E-state index in [-0.39, 0.29) is 26.2 Å². The predicted octanol–water partition coefficient (Wildman–Crippen LogP) is 1.73. The van der Waals surface area contributed by atoms with Crippen molar-refractivity contribution in [2.45, 2.75) is 19.8 Å². The standard InChI is InChI=1S/C27H24N4O5S/c1-14-5-8-17(11-15(14)2)30-25(33)23-22(16-6-9-18(35-3)10-7-16)19(13-28)24(29)31-26(34)20(37-27(23)31)12-21(32)36-4/h5-12,22H,29H2,1-4H3,(H,30,33). The zero-order chi connectivity index (χ0) is 26.9. The van der Waals surface area contributed by atoms with Gasteiger partial charge in [-0.3, -0.25) is 14.2 Å². The van der Waals surface area contributed by atoms with E-state index in [4.69, 9.17) is 10.5 Å². The van der Waals surface area contributed by atoms with E-state index in [0.29, 0.717) is 17.0 Å². The fraction of sp³-hybridized carbons (Fsp3) is 0.185. The van der Waals surface area contributed by atoms with E-state index in [1.165, 1.54) is 14.2 Å². The highest BCUT2D eigenvalue weighted by Crippen LogP contribution is 2.37. The number of methoxy groups -OCH3 is 2. The number of allylic oxidation sites excluding steroid dienone is 1. The first kappa shape index (κ1) is 25.5. The third-order valence-corrected chi connectivity index (χ3v) is 7.29. The van der Waals surface area contributed by atoms with Crippen molar-refractivity contribution < 1.29 is 19.1 Å². The number of amides is 1. The molecule has 3 N–H and O–H groups in total. The largest absolute Gasteiger partial charge is 0.497 e. The smallest absolute Gasteiger partial charge is 0.332 e. The third-order valence-electron chi connectivity index (χ3n) is 6.18. The number of hydrogen-bond donors (Lipinski definition) is 2. The Bertz CT molecular complexity index is 1670. The van der Waals surface area contributed by atoms with Crippen LogP contribution in [0.2, 0.25) is 0 Å². The Kier molecular flexibility index (Phi) is 7.00. The first-order valence-electron chi connectivity index (χ1n) is 11.2. The van der Waals surface area contributed by atoms with Gasteiger partial charge in [-0.05, 0) is 54.8 Å². The number of aromatic nitrogens is 1. The van der Waals surface area contributed by atoms with Crippen molar-refractivity contribution in [3.63, 3.8) is 0 Å². The SMILES string of the molecule is COC(=O)C=c1sc2n(c1=O)C(N)=C(C#N)C(c1ccc(OC)cc1)C=2C(=O)Nc1ccc(C)c(C)c1. The van der Waals surface area contributed by atoms with Crippen LogP contribution in [-0.4, -0.2) is 30.7 Å². The Morgan fingerprint density at radius 3 is 2.43 bits per heavy atom. The van der Waals surface area contributed by atoms with Crippen molar-refractivity contribution in [3.8, 4) is 11.8 Å². The fourth-order valence-corrected chi connectivity index (χ4v) is 5.22. The Hall–Kier alpha value is -4.62. The minimum Gasteiger partial charge on any atom is -0.497 e. The first-order chi connectivity index (χ1) is 17.7. The summed E-state index contributed by atoms with van der Waals surface area (Å²) in [7, 11) is 2.73. The maximum absolute atomic E-state index is 13.8. The Labute approximate surface area is 216 Å². The Morgan fingerprint density at radius 1 is 1.14 bits per heavy atom. The molecule has 0 fully saturated rings. The van der Waals surface area contributed by atoms with E-state index in [9.17, 15) is 19.6 Å². The molecule has 9 nitrogen and oxygen atoms in total. The molecule has 1 aliphatic rings. The number of aryl methyl sites for hydroxylation is 2. The molecule has 0 spiro atoms. The molecule has 0 bridgehead atoms. The average molecular weight is 517 g/mol. The van der Waals surface area contributed by atoms with Crippen LogP contribution in [0.25, 0.3) is 17.5 Å². The van der Waals surface area contributed by atoms with Crippen molar-refractivity contribution in [1.82, 2.24) is 4.57 Å². The number of nitrogens with one attached hydrogen (secondary N) is 1. The molecule has 4 rings (SSSR count). The predicted molar refractivity (Wildman–Crippen MR) is 141 cm³/mol. The second-order valence-electron chi connectivity index (χ2n) is 8.36. The number of carbonyl (C=O) groups excluding carboxylic acids is 2. The number of ether oxygens (including phenoxy) is 2. The van der Waals surface area contributed by atoms with Crippen molar-refractivity contribution in [3.05, 3.63) is 84.3 Å². The molecular formula is C27H24N4O5S. The van der Waals surface area contributed by atoms with E-state index in [0.717, 1.165) is 33.1 Å². The summed E-state index contributed by atoms with van der Waals surface area (Å²) in [5.41, 5.74) is 9.12. The van der Waals surface area contributed by atoms with Crippen LogP contribution < -0.4 is 30.5 Å². The summed E-state index contributed by atoms with van der Waals surface area (Å²) in [5, 5.41) is 13.0. The number of nitrogens with zero attached hydrogens (tertiary/aromatic N) is 2. The zero-order valence-electron chi connectivity index (χ0n) is 20.6. The van der Waals surface area contributed by atoms with Crippen LogP contribution in [0.4, 0.5) is 5.69 Å². The molecule has 1 atom stereocenters. The number of esters is 1. The van der Waals surface area contributed by atoms with Gasteiger partial charge in [-0.25, -0.2) is 4.79 Å². The molecule has 188 valence electrons. The monoisotopic (exact) mass is 516 g/mol. The highest BCUT2D eigenvalue weighted by atomic mass is 32.1. The number of rotatable bonds is 5. The second-order valence-corrected chi connectivity index (χ2v) is 9.39. The summed E-state index contributed by atoms with van der Waals surface area (Å²) < 4.78 is 11.3. The molecule has 0 saturated heterocycles. The lowest BCUT2D eigenvalue weighted by atomic mass is 9.83. The lowest BCUT2D eigenvalue weighted by molar-refractivity contribution is -0.133. The molecule has 0 saturated carbocycles. The van der Waals surface area contributed by atoms with Crippen LogP contribution in [-0.2, 0) is 14.3 Å². The number of benzene rings is 2. The van der Waals surface area contributed by atoms with Gasteiger partial charge in [-0.2, -0.15) is 5.26 Å². The molecule has 1 aliphatic heterocycles. The Balaban J connectivity index is 2.03. The normalized spacial score (nSPS) is 15.2. The molecule has 37 heavy (non-hydrogen) atoms. The van der Waals surface area contributed by atoms with Gasteiger partial charge in [0.2, 0.25) is 0 Å². The van der Waals surface area contributed by atoms with Crippen LogP contribution >= 0.6 is 11.3 Å². The number of nitriles is 1. The van der Waals surface area contributed by atoms with E-state index >= 15 is 0 Å². The molecule has 3 aromatic rings. The minimum atomic E-state index is -0.869.